The predicted molar refractivity (Wildman–Crippen MR) is 147 cm³/mol. The summed E-state index contributed by atoms with van der Waals surface area (Å²) >= 11 is 12.3. The zero-order chi connectivity index (χ0) is 27.3. The maximum absolute atomic E-state index is 13.8. The summed E-state index contributed by atoms with van der Waals surface area (Å²) in [6.45, 7) is 4.96. The van der Waals surface area contributed by atoms with Gasteiger partial charge in [-0.3, -0.25) is 13.9 Å². The number of amides is 2. The number of sulfonamides is 1. The number of hydrogen-bond donors (Lipinski definition) is 1. The number of halogens is 2. The number of anilines is 1. The van der Waals surface area contributed by atoms with Crippen molar-refractivity contribution in [3.8, 4) is 0 Å². The molecular weight excluding hydrogens is 533 g/mol. The van der Waals surface area contributed by atoms with Crippen molar-refractivity contribution in [1.82, 2.24) is 10.2 Å². The Labute approximate surface area is 228 Å². The molecule has 0 aromatic heterocycles. The molecule has 7 nitrogen and oxygen atoms in total. The molecule has 0 aliphatic carbocycles. The van der Waals surface area contributed by atoms with Crippen LogP contribution in [-0.4, -0.2) is 44.8 Å². The SMILES string of the molecule is CNC(=O)C(C)N(Cc1ccc(C)cc1)C(=O)CN(c1ccc(Cl)c(Cl)c1)S(=O)(=O)c1ccc(C)cc1. The Morgan fingerprint density at radius 2 is 1.46 bits per heavy atom. The topological polar surface area (TPSA) is 86.8 Å². The van der Waals surface area contributed by atoms with E-state index in [0.29, 0.717) is 0 Å². The molecule has 1 atom stereocenters. The molecule has 1 unspecified atom stereocenters. The molecule has 0 radical (unpaired) electrons. The van der Waals surface area contributed by atoms with Crippen LogP contribution in [-0.2, 0) is 26.2 Å². The number of nitrogens with one attached hydrogen (secondary N) is 1. The summed E-state index contributed by atoms with van der Waals surface area (Å²) in [7, 11) is -2.69. The first-order valence-corrected chi connectivity index (χ1v) is 13.7. The second-order valence-corrected chi connectivity index (χ2v) is 11.4. The van der Waals surface area contributed by atoms with Gasteiger partial charge in [0.2, 0.25) is 11.8 Å². The first-order valence-electron chi connectivity index (χ1n) is 11.5. The van der Waals surface area contributed by atoms with Crippen molar-refractivity contribution in [2.75, 3.05) is 17.9 Å². The van der Waals surface area contributed by atoms with Crippen LogP contribution in [0, 0.1) is 13.8 Å². The second kappa shape index (κ2) is 12.0. The molecule has 3 rings (SSSR count). The van der Waals surface area contributed by atoms with Gasteiger partial charge in [-0.15, -0.1) is 0 Å². The van der Waals surface area contributed by atoms with E-state index in [4.69, 9.17) is 23.2 Å². The third-order valence-electron chi connectivity index (χ3n) is 5.97. The number of hydrogen-bond acceptors (Lipinski definition) is 4. The van der Waals surface area contributed by atoms with E-state index >= 15 is 0 Å². The van der Waals surface area contributed by atoms with Crippen LogP contribution in [0.4, 0.5) is 5.69 Å². The zero-order valence-electron chi connectivity index (χ0n) is 21.0. The van der Waals surface area contributed by atoms with E-state index in [2.05, 4.69) is 5.32 Å². The number of carbonyl (C=O) groups is 2. The van der Waals surface area contributed by atoms with Gasteiger partial charge in [0.1, 0.15) is 12.6 Å². The molecule has 3 aromatic carbocycles. The molecule has 196 valence electrons. The lowest BCUT2D eigenvalue weighted by molar-refractivity contribution is -0.139. The average molecular weight is 563 g/mol. The van der Waals surface area contributed by atoms with Gasteiger partial charge in [0.25, 0.3) is 10.0 Å². The third-order valence-corrected chi connectivity index (χ3v) is 8.49. The Kier molecular flexibility index (Phi) is 9.23. The molecular formula is C27H29Cl2N3O4S. The fourth-order valence-electron chi connectivity index (χ4n) is 3.69. The van der Waals surface area contributed by atoms with Gasteiger partial charge in [-0.2, -0.15) is 0 Å². The Bertz CT molecular complexity index is 1380. The highest BCUT2D eigenvalue weighted by atomic mass is 35.5. The number of nitrogens with zero attached hydrogens (tertiary/aromatic N) is 2. The van der Waals surface area contributed by atoms with Crippen molar-refractivity contribution in [3.05, 3.63) is 93.5 Å². The van der Waals surface area contributed by atoms with Crippen LogP contribution in [0.5, 0.6) is 0 Å². The minimum Gasteiger partial charge on any atom is -0.357 e. The van der Waals surface area contributed by atoms with E-state index in [1.807, 2.05) is 38.1 Å². The minimum atomic E-state index is -4.18. The number of rotatable bonds is 9. The van der Waals surface area contributed by atoms with Crippen LogP contribution >= 0.6 is 23.2 Å². The highest BCUT2D eigenvalue weighted by molar-refractivity contribution is 7.92. The molecule has 2 amide bonds. The Hall–Kier alpha value is -3.07. The quantitative estimate of drug-likeness (QED) is 0.399. The molecule has 0 fully saturated rings. The lowest BCUT2D eigenvalue weighted by atomic mass is 10.1. The first kappa shape index (κ1) is 28.5. The Morgan fingerprint density at radius 1 is 0.892 bits per heavy atom. The number of benzene rings is 3. The monoisotopic (exact) mass is 561 g/mol. The second-order valence-electron chi connectivity index (χ2n) is 8.72. The summed E-state index contributed by atoms with van der Waals surface area (Å²) in [5.41, 5.74) is 2.92. The first-order chi connectivity index (χ1) is 17.4. The van der Waals surface area contributed by atoms with Crippen molar-refractivity contribution >= 4 is 50.7 Å². The van der Waals surface area contributed by atoms with Gasteiger partial charge in [0, 0.05) is 13.6 Å². The van der Waals surface area contributed by atoms with Crippen LogP contribution in [0.15, 0.2) is 71.6 Å². The highest BCUT2D eigenvalue weighted by Gasteiger charge is 2.32. The summed E-state index contributed by atoms with van der Waals surface area (Å²) in [5, 5.41) is 2.95. The molecule has 0 spiro atoms. The fourth-order valence-corrected chi connectivity index (χ4v) is 5.39. The van der Waals surface area contributed by atoms with Crippen molar-refractivity contribution in [2.45, 2.75) is 38.3 Å². The summed E-state index contributed by atoms with van der Waals surface area (Å²) in [6, 6.07) is 17.4. The molecule has 0 aliphatic rings. The van der Waals surface area contributed by atoms with Crippen molar-refractivity contribution < 1.29 is 18.0 Å². The maximum atomic E-state index is 13.8. The van der Waals surface area contributed by atoms with Gasteiger partial charge in [-0.25, -0.2) is 8.42 Å². The Morgan fingerprint density at radius 3 is 2.00 bits per heavy atom. The van der Waals surface area contributed by atoms with E-state index < -0.39 is 28.5 Å². The van der Waals surface area contributed by atoms with Gasteiger partial charge in [-0.1, -0.05) is 70.7 Å². The predicted octanol–water partition coefficient (Wildman–Crippen LogP) is 4.97. The molecule has 0 heterocycles. The minimum absolute atomic E-state index is 0.0152. The Balaban J connectivity index is 2.05. The van der Waals surface area contributed by atoms with Gasteiger partial charge < -0.3 is 10.2 Å². The molecule has 1 N–H and O–H groups in total. The van der Waals surface area contributed by atoms with E-state index in [1.165, 1.54) is 42.3 Å². The van der Waals surface area contributed by atoms with Crippen LogP contribution < -0.4 is 9.62 Å². The van der Waals surface area contributed by atoms with E-state index in [1.54, 1.807) is 19.1 Å². The number of aryl methyl sites for hydroxylation is 2. The van der Waals surface area contributed by atoms with E-state index in [0.717, 1.165) is 21.0 Å². The van der Waals surface area contributed by atoms with Crippen molar-refractivity contribution in [3.63, 3.8) is 0 Å². The third kappa shape index (κ3) is 6.83. The van der Waals surface area contributed by atoms with Crippen LogP contribution in [0.25, 0.3) is 0 Å². The van der Waals surface area contributed by atoms with E-state index in [-0.39, 0.29) is 33.1 Å². The van der Waals surface area contributed by atoms with Gasteiger partial charge in [-0.05, 0) is 56.7 Å². The molecule has 0 aliphatic heterocycles. The maximum Gasteiger partial charge on any atom is 0.264 e. The lowest BCUT2D eigenvalue weighted by Crippen LogP contribution is -2.50. The van der Waals surface area contributed by atoms with Gasteiger partial charge in [0.05, 0.1) is 20.6 Å². The van der Waals surface area contributed by atoms with Crippen LogP contribution in [0.1, 0.15) is 23.6 Å². The van der Waals surface area contributed by atoms with Crippen molar-refractivity contribution in [2.24, 2.45) is 0 Å². The largest absolute Gasteiger partial charge is 0.357 e. The molecule has 37 heavy (non-hydrogen) atoms. The molecule has 10 heteroatoms. The molecule has 0 bridgehead atoms. The van der Waals surface area contributed by atoms with Crippen molar-refractivity contribution in [1.29, 1.82) is 0 Å². The summed E-state index contributed by atoms with van der Waals surface area (Å²) in [4.78, 5) is 27.6. The normalized spacial score (nSPS) is 12.1. The zero-order valence-corrected chi connectivity index (χ0v) is 23.4. The van der Waals surface area contributed by atoms with Gasteiger partial charge >= 0.3 is 0 Å². The number of carbonyl (C=O) groups excluding carboxylic acids is 2. The lowest BCUT2D eigenvalue weighted by Gasteiger charge is -2.32. The highest BCUT2D eigenvalue weighted by Crippen LogP contribution is 2.31. The van der Waals surface area contributed by atoms with Crippen LogP contribution in [0.3, 0.4) is 0 Å². The summed E-state index contributed by atoms with van der Waals surface area (Å²) in [6.07, 6.45) is 0. The molecule has 3 aromatic rings. The summed E-state index contributed by atoms with van der Waals surface area (Å²) in [5.74, 6) is -0.929. The number of likely N-dealkylation sites (N-methyl/N-ethyl adjacent to an activating group) is 1. The standard InChI is InChI=1S/C27H29Cl2N3O4S/c1-18-5-9-21(10-6-18)16-31(20(3)27(34)30-4)26(33)17-32(22-11-14-24(28)25(29)15-22)37(35,36)23-12-7-19(2)8-13-23/h5-15,20H,16-17H2,1-4H3,(H,30,34). The smallest absolute Gasteiger partial charge is 0.264 e. The molecule has 0 saturated carbocycles. The van der Waals surface area contributed by atoms with Crippen LogP contribution in [0.2, 0.25) is 10.0 Å². The average Bonchev–Trinajstić information content (AvgIpc) is 2.87. The fraction of sp³-hybridized carbons (Fsp3) is 0.259. The van der Waals surface area contributed by atoms with E-state index in [9.17, 15) is 18.0 Å². The summed E-state index contributed by atoms with van der Waals surface area (Å²) < 4.78 is 28.5. The molecule has 0 saturated heterocycles. The van der Waals surface area contributed by atoms with Gasteiger partial charge in [0.15, 0.2) is 0 Å².